The molecular weight excluding hydrogens is 134 g/mol. The molecule has 62 valence electrons. The lowest BCUT2D eigenvalue weighted by molar-refractivity contribution is 0.792. The van der Waals surface area contributed by atoms with Gasteiger partial charge in [-0.3, -0.25) is 0 Å². The van der Waals surface area contributed by atoms with E-state index in [9.17, 15) is 0 Å². The fraction of sp³-hybridized carbons (Fsp3) is 0.400. The van der Waals surface area contributed by atoms with E-state index in [-0.39, 0.29) is 0 Å². The Hall–Kier alpha value is -0.820. The first-order valence-electron chi connectivity index (χ1n) is 3.86. The topological polar surface area (TPSA) is 12.0 Å². The summed E-state index contributed by atoms with van der Waals surface area (Å²) in [6.07, 6.45) is 4.94. The van der Waals surface area contributed by atoms with Gasteiger partial charge in [0.05, 0.1) is 0 Å². The van der Waals surface area contributed by atoms with Gasteiger partial charge in [0.25, 0.3) is 0 Å². The van der Waals surface area contributed by atoms with Gasteiger partial charge in [0.15, 0.2) is 0 Å². The zero-order chi connectivity index (χ0) is 8.69. The van der Waals surface area contributed by atoms with Gasteiger partial charge < -0.3 is 5.32 Å². The highest BCUT2D eigenvalue weighted by atomic mass is 14.8. The normalized spacial score (nSPS) is 10.4. The monoisotopic (exact) mass is 151 g/mol. The maximum atomic E-state index is 3.92. The Morgan fingerprint density at radius 1 is 1.45 bits per heavy atom. The molecule has 0 unspecified atom stereocenters. The van der Waals surface area contributed by atoms with Crippen LogP contribution in [0.4, 0.5) is 0 Å². The van der Waals surface area contributed by atoms with E-state index in [2.05, 4.69) is 18.5 Å². The van der Waals surface area contributed by atoms with Gasteiger partial charge in [-0.05, 0) is 38.1 Å². The lowest BCUT2D eigenvalue weighted by atomic mass is 10.1. The molecule has 0 aliphatic carbocycles. The SMILES string of the molecule is C=C(/C=C\C)C(=C)CCNC. The number of rotatable bonds is 5. The Kier molecular flexibility index (Phi) is 5.49. The molecule has 0 aromatic heterocycles. The summed E-state index contributed by atoms with van der Waals surface area (Å²) < 4.78 is 0. The van der Waals surface area contributed by atoms with Gasteiger partial charge >= 0.3 is 0 Å². The van der Waals surface area contributed by atoms with Crippen LogP contribution in [0, 0.1) is 0 Å². The van der Waals surface area contributed by atoms with Crippen LogP contribution in [0.1, 0.15) is 13.3 Å². The first-order chi connectivity index (χ1) is 5.22. The predicted octanol–water partition coefficient (Wildman–Crippen LogP) is 2.28. The van der Waals surface area contributed by atoms with E-state index >= 15 is 0 Å². The minimum Gasteiger partial charge on any atom is -0.319 e. The molecule has 0 rings (SSSR count). The molecule has 0 fully saturated rings. The Labute approximate surface area is 69.5 Å². The van der Waals surface area contributed by atoms with Crippen molar-refractivity contribution in [3.63, 3.8) is 0 Å². The number of nitrogens with one attached hydrogen (secondary N) is 1. The second kappa shape index (κ2) is 5.93. The minimum atomic E-state index is 0.968. The maximum Gasteiger partial charge on any atom is -0.00114 e. The molecule has 0 aliphatic rings. The molecule has 0 amide bonds. The molecule has 1 N–H and O–H groups in total. The summed E-state index contributed by atoms with van der Waals surface area (Å²) in [5.74, 6) is 0. The molecule has 0 saturated carbocycles. The van der Waals surface area contributed by atoms with E-state index in [0.29, 0.717) is 0 Å². The molecule has 0 atom stereocenters. The minimum absolute atomic E-state index is 0.968. The lowest BCUT2D eigenvalue weighted by Gasteiger charge is -2.03. The second-order valence-corrected chi connectivity index (χ2v) is 2.48. The highest BCUT2D eigenvalue weighted by molar-refractivity contribution is 5.34. The second-order valence-electron chi connectivity index (χ2n) is 2.48. The zero-order valence-electron chi connectivity index (χ0n) is 7.48. The van der Waals surface area contributed by atoms with Crippen LogP contribution in [-0.4, -0.2) is 13.6 Å². The van der Waals surface area contributed by atoms with Gasteiger partial charge in [-0.1, -0.05) is 25.3 Å². The van der Waals surface area contributed by atoms with Crippen LogP contribution < -0.4 is 5.32 Å². The predicted molar refractivity (Wildman–Crippen MR) is 51.6 cm³/mol. The molecule has 0 bridgehead atoms. The van der Waals surface area contributed by atoms with Crippen LogP contribution in [0.2, 0.25) is 0 Å². The van der Waals surface area contributed by atoms with E-state index in [0.717, 1.165) is 24.1 Å². The molecule has 0 heterocycles. The van der Waals surface area contributed by atoms with Crippen molar-refractivity contribution in [1.82, 2.24) is 5.32 Å². The third-order valence-corrected chi connectivity index (χ3v) is 1.50. The van der Waals surface area contributed by atoms with Crippen molar-refractivity contribution in [3.05, 3.63) is 36.5 Å². The Morgan fingerprint density at radius 2 is 2.09 bits per heavy atom. The van der Waals surface area contributed by atoms with Crippen LogP contribution in [0.3, 0.4) is 0 Å². The summed E-state index contributed by atoms with van der Waals surface area (Å²) in [7, 11) is 1.94. The summed E-state index contributed by atoms with van der Waals surface area (Å²) in [5.41, 5.74) is 2.14. The third-order valence-electron chi connectivity index (χ3n) is 1.50. The summed E-state index contributed by atoms with van der Waals surface area (Å²) in [4.78, 5) is 0. The van der Waals surface area contributed by atoms with E-state index in [1.54, 1.807) is 0 Å². The molecule has 11 heavy (non-hydrogen) atoms. The molecular formula is C10H17N. The fourth-order valence-electron chi connectivity index (χ4n) is 0.755. The summed E-state index contributed by atoms with van der Waals surface area (Å²) in [6, 6.07) is 0. The quantitative estimate of drug-likeness (QED) is 0.594. The van der Waals surface area contributed by atoms with Gasteiger partial charge in [-0.25, -0.2) is 0 Å². The van der Waals surface area contributed by atoms with Crippen molar-refractivity contribution < 1.29 is 0 Å². The fourth-order valence-corrected chi connectivity index (χ4v) is 0.755. The van der Waals surface area contributed by atoms with Gasteiger partial charge in [-0.2, -0.15) is 0 Å². The molecule has 0 aromatic rings. The average molecular weight is 151 g/mol. The van der Waals surface area contributed by atoms with Crippen molar-refractivity contribution in [2.45, 2.75) is 13.3 Å². The molecule has 0 saturated heterocycles. The number of hydrogen-bond donors (Lipinski definition) is 1. The van der Waals surface area contributed by atoms with Crippen molar-refractivity contribution in [3.8, 4) is 0 Å². The van der Waals surface area contributed by atoms with E-state index in [4.69, 9.17) is 0 Å². The number of hydrogen-bond acceptors (Lipinski definition) is 1. The van der Waals surface area contributed by atoms with Gasteiger partial charge in [0.1, 0.15) is 0 Å². The van der Waals surface area contributed by atoms with E-state index in [1.807, 2.05) is 26.1 Å². The maximum absolute atomic E-state index is 3.92. The Morgan fingerprint density at radius 3 is 2.55 bits per heavy atom. The van der Waals surface area contributed by atoms with Crippen molar-refractivity contribution in [2.75, 3.05) is 13.6 Å². The Balaban J connectivity index is 3.74. The molecule has 0 spiro atoms. The van der Waals surface area contributed by atoms with Crippen LogP contribution in [0.25, 0.3) is 0 Å². The van der Waals surface area contributed by atoms with Crippen LogP contribution >= 0.6 is 0 Å². The van der Waals surface area contributed by atoms with Crippen LogP contribution in [0.15, 0.2) is 36.5 Å². The lowest BCUT2D eigenvalue weighted by Crippen LogP contribution is -2.08. The first kappa shape index (κ1) is 10.2. The van der Waals surface area contributed by atoms with Gasteiger partial charge in [-0.15, -0.1) is 0 Å². The van der Waals surface area contributed by atoms with Crippen molar-refractivity contribution in [2.24, 2.45) is 0 Å². The van der Waals surface area contributed by atoms with E-state index < -0.39 is 0 Å². The van der Waals surface area contributed by atoms with Crippen molar-refractivity contribution >= 4 is 0 Å². The molecule has 0 aromatic carbocycles. The van der Waals surface area contributed by atoms with Crippen LogP contribution in [-0.2, 0) is 0 Å². The average Bonchev–Trinajstić information content (AvgIpc) is 2.00. The standard InChI is InChI=1S/C10H17N/c1-5-6-9(2)10(3)7-8-11-4/h5-6,11H,2-3,7-8H2,1,4H3/b6-5-. The highest BCUT2D eigenvalue weighted by Gasteiger charge is 1.93. The molecule has 1 nitrogen and oxygen atoms in total. The van der Waals surface area contributed by atoms with Gasteiger partial charge in [0.2, 0.25) is 0 Å². The smallest absolute Gasteiger partial charge is 0.00114 e. The molecule has 1 heteroatoms. The first-order valence-corrected chi connectivity index (χ1v) is 3.86. The number of allylic oxidation sites excluding steroid dienone is 3. The summed E-state index contributed by atoms with van der Waals surface area (Å²) in [5, 5.41) is 3.07. The zero-order valence-corrected chi connectivity index (χ0v) is 7.48. The van der Waals surface area contributed by atoms with Crippen LogP contribution in [0.5, 0.6) is 0 Å². The summed E-state index contributed by atoms with van der Waals surface area (Å²) >= 11 is 0. The highest BCUT2D eigenvalue weighted by Crippen LogP contribution is 2.09. The van der Waals surface area contributed by atoms with Crippen molar-refractivity contribution in [1.29, 1.82) is 0 Å². The molecule has 0 aliphatic heterocycles. The third kappa shape index (κ3) is 4.57. The Bertz CT molecular complexity index is 166. The summed E-state index contributed by atoms with van der Waals surface area (Å²) in [6.45, 7) is 10.8. The van der Waals surface area contributed by atoms with E-state index in [1.165, 1.54) is 0 Å². The molecule has 0 radical (unpaired) electrons. The van der Waals surface area contributed by atoms with Gasteiger partial charge in [0, 0.05) is 0 Å². The largest absolute Gasteiger partial charge is 0.319 e.